The largest absolute Gasteiger partial charge is 0.318 e. The number of thiazole rings is 1. The van der Waals surface area contributed by atoms with Gasteiger partial charge in [0.25, 0.3) is 0 Å². The minimum Gasteiger partial charge on any atom is -0.318 e. The van der Waals surface area contributed by atoms with E-state index in [1.165, 1.54) is 17.4 Å². The number of benzene rings is 1. The summed E-state index contributed by atoms with van der Waals surface area (Å²) >= 11 is 7.20. The van der Waals surface area contributed by atoms with Crippen LogP contribution in [-0.2, 0) is 0 Å². The second-order valence-electron chi connectivity index (χ2n) is 4.39. The van der Waals surface area contributed by atoms with Gasteiger partial charge in [-0.25, -0.2) is 9.37 Å². The third-order valence-electron chi connectivity index (χ3n) is 2.71. The summed E-state index contributed by atoms with van der Waals surface area (Å²) in [5.74, 6) is -0.126. The van der Waals surface area contributed by atoms with E-state index in [9.17, 15) is 4.39 Å². The first-order valence-corrected chi connectivity index (χ1v) is 6.91. The van der Waals surface area contributed by atoms with Gasteiger partial charge in [0.1, 0.15) is 10.8 Å². The van der Waals surface area contributed by atoms with Crippen LogP contribution in [0.2, 0.25) is 5.02 Å². The Bertz CT molecular complexity index is 554. The third kappa shape index (κ3) is 2.55. The zero-order valence-electron chi connectivity index (χ0n) is 10.2. The van der Waals surface area contributed by atoms with E-state index >= 15 is 0 Å². The molecule has 0 saturated heterocycles. The molecule has 1 aromatic carbocycles. The van der Waals surface area contributed by atoms with Crippen LogP contribution in [0.1, 0.15) is 42.1 Å². The second-order valence-corrected chi connectivity index (χ2v) is 5.68. The monoisotopic (exact) mass is 284 g/mol. The van der Waals surface area contributed by atoms with Crippen LogP contribution >= 0.6 is 22.9 Å². The zero-order chi connectivity index (χ0) is 13.3. The van der Waals surface area contributed by atoms with Crippen LogP contribution in [0.25, 0.3) is 0 Å². The lowest BCUT2D eigenvalue weighted by atomic mass is 10.1. The molecule has 18 heavy (non-hydrogen) atoms. The molecule has 1 unspecified atom stereocenters. The summed E-state index contributed by atoms with van der Waals surface area (Å²) in [6, 6.07) is 4.27. The van der Waals surface area contributed by atoms with E-state index in [2.05, 4.69) is 18.8 Å². The molecule has 2 N–H and O–H groups in total. The van der Waals surface area contributed by atoms with Gasteiger partial charge in [0.15, 0.2) is 0 Å². The summed E-state index contributed by atoms with van der Waals surface area (Å²) in [5.41, 5.74) is 7.41. The van der Waals surface area contributed by atoms with Crippen molar-refractivity contribution < 1.29 is 4.39 Å². The average molecular weight is 285 g/mol. The van der Waals surface area contributed by atoms with E-state index in [1.807, 2.05) is 5.38 Å². The summed E-state index contributed by atoms with van der Waals surface area (Å²) in [6.07, 6.45) is 0. The molecule has 2 rings (SSSR count). The highest BCUT2D eigenvalue weighted by Crippen LogP contribution is 2.29. The van der Waals surface area contributed by atoms with Crippen molar-refractivity contribution >= 4 is 22.9 Å². The molecular formula is C13H14ClFN2S. The van der Waals surface area contributed by atoms with Crippen molar-refractivity contribution in [1.29, 1.82) is 0 Å². The molecule has 5 heteroatoms. The van der Waals surface area contributed by atoms with Gasteiger partial charge in [-0.05, 0) is 12.0 Å². The molecule has 2 nitrogen and oxygen atoms in total. The highest BCUT2D eigenvalue weighted by atomic mass is 35.5. The number of rotatable bonds is 3. The molecule has 0 aliphatic carbocycles. The first-order valence-electron chi connectivity index (χ1n) is 5.65. The Morgan fingerprint density at radius 3 is 2.72 bits per heavy atom. The van der Waals surface area contributed by atoms with Crippen LogP contribution < -0.4 is 5.73 Å². The van der Waals surface area contributed by atoms with E-state index < -0.39 is 11.9 Å². The lowest BCUT2D eigenvalue weighted by Crippen LogP contribution is -2.13. The highest BCUT2D eigenvalue weighted by Gasteiger charge is 2.19. The fourth-order valence-electron chi connectivity index (χ4n) is 1.60. The lowest BCUT2D eigenvalue weighted by molar-refractivity contribution is 0.599. The summed E-state index contributed by atoms with van der Waals surface area (Å²) in [4.78, 5) is 4.44. The summed E-state index contributed by atoms with van der Waals surface area (Å²) < 4.78 is 13.9. The first kappa shape index (κ1) is 13.5. The summed E-state index contributed by atoms with van der Waals surface area (Å²) in [6.45, 7) is 4.12. The van der Waals surface area contributed by atoms with Crippen LogP contribution in [0.15, 0.2) is 23.6 Å². The van der Waals surface area contributed by atoms with Gasteiger partial charge in [-0.15, -0.1) is 11.3 Å². The molecule has 0 amide bonds. The Labute approximate surface area is 115 Å². The van der Waals surface area contributed by atoms with Crippen LogP contribution in [0.4, 0.5) is 4.39 Å². The number of aromatic nitrogens is 1. The predicted octanol–water partition coefficient (Wildman–Crippen LogP) is 4.11. The molecule has 1 atom stereocenters. The normalized spacial score (nSPS) is 13.0. The average Bonchev–Trinajstić information content (AvgIpc) is 2.81. The van der Waals surface area contributed by atoms with Gasteiger partial charge in [-0.3, -0.25) is 0 Å². The maximum absolute atomic E-state index is 13.9. The van der Waals surface area contributed by atoms with Crippen molar-refractivity contribution in [2.45, 2.75) is 25.8 Å². The van der Waals surface area contributed by atoms with E-state index in [1.54, 1.807) is 12.1 Å². The predicted molar refractivity (Wildman–Crippen MR) is 73.6 cm³/mol. The molecule has 1 aromatic heterocycles. The third-order valence-corrected chi connectivity index (χ3v) is 3.95. The van der Waals surface area contributed by atoms with Crippen LogP contribution in [0, 0.1) is 5.82 Å². The molecule has 2 aromatic rings. The van der Waals surface area contributed by atoms with Crippen LogP contribution in [0.5, 0.6) is 0 Å². The van der Waals surface area contributed by atoms with E-state index in [0.717, 1.165) is 5.69 Å². The lowest BCUT2D eigenvalue weighted by Gasteiger charge is -2.10. The van der Waals surface area contributed by atoms with Crippen LogP contribution in [0.3, 0.4) is 0 Å². The molecule has 1 heterocycles. The molecule has 0 bridgehead atoms. The Morgan fingerprint density at radius 1 is 1.39 bits per heavy atom. The van der Waals surface area contributed by atoms with Crippen LogP contribution in [-0.4, -0.2) is 4.98 Å². The number of hydrogen-bond donors (Lipinski definition) is 1. The summed E-state index contributed by atoms with van der Waals surface area (Å²) in [5, 5.41) is 2.76. The number of nitrogens with two attached hydrogens (primary N) is 1. The minimum atomic E-state index is -0.568. The van der Waals surface area contributed by atoms with Crippen molar-refractivity contribution in [2.75, 3.05) is 0 Å². The van der Waals surface area contributed by atoms with Gasteiger partial charge < -0.3 is 5.73 Å². The van der Waals surface area contributed by atoms with E-state index in [-0.39, 0.29) is 5.02 Å². The van der Waals surface area contributed by atoms with Crippen molar-refractivity contribution in [1.82, 2.24) is 4.98 Å². The van der Waals surface area contributed by atoms with E-state index in [0.29, 0.717) is 16.5 Å². The van der Waals surface area contributed by atoms with Crippen molar-refractivity contribution in [3.05, 3.63) is 50.7 Å². The molecule has 96 valence electrons. The second kappa shape index (κ2) is 5.34. The molecule has 0 radical (unpaired) electrons. The maximum Gasteiger partial charge on any atom is 0.146 e. The van der Waals surface area contributed by atoms with Gasteiger partial charge in [0.05, 0.1) is 16.8 Å². The molecule has 0 spiro atoms. The smallest absolute Gasteiger partial charge is 0.146 e. The van der Waals surface area contributed by atoms with Crippen molar-refractivity contribution in [3.63, 3.8) is 0 Å². The fourth-order valence-corrected chi connectivity index (χ4v) is 2.78. The standard InChI is InChI=1S/C13H14ClFN2S/c1-7(2)10-6-18-13(17-10)12(16)8-4-3-5-9(14)11(8)15/h3-7,12H,16H2,1-2H3. The minimum absolute atomic E-state index is 0.0867. The Hall–Kier alpha value is -0.970. The van der Waals surface area contributed by atoms with E-state index in [4.69, 9.17) is 17.3 Å². The number of halogens is 2. The molecule has 0 fully saturated rings. The Kier molecular flexibility index (Phi) is 4.00. The first-order chi connectivity index (χ1) is 8.50. The van der Waals surface area contributed by atoms with Gasteiger partial charge >= 0.3 is 0 Å². The Balaban J connectivity index is 2.35. The number of hydrogen-bond acceptors (Lipinski definition) is 3. The number of nitrogens with zero attached hydrogens (tertiary/aromatic N) is 1. The maximum atomic E-state index is 13.9. The Morgan fingerprint density at radius 2 is 2.11 bits per heavy atom. The van der Waals surface area contributed by atoms with Gasteiger partial charge in [0.2, 0.25) is 0 Å². The molecule has 0 aliphatic rings. The quantitative estimate of drug-likeness (QED) is 0.921. The molecular weight excluding hydrogens is 271 g/mol. The van der Waals surface area contributed by atoms with Crippen molar-refractivity contribution in [2.24, 2.45) is 5.73 Å². The highest BCUT2D eigenvalue weighted by molar-refractivity contribution is 7.09. The topological polar surface area (TPSA) is 38.9 Å². The van der Waals surface area contributed by atoms with Gasteiger partial charge in [-0.1, -0.05) is 37.6 Å². The molecule has 0 aliphatic heterocycles. The van der Waals surface area contributed by atoms with Crippen molar-refractivity contribution in [3.8, 4) is 0 Å². The van der Waals surface area contributed by atoms with Gasteiger partial charge in [0, 0.05) is 10.9 Å². The SMILES string of the molecule is CC(C)c1csc(C(N)c2cccc(Cl)c2F)n1. The molecule has 0 saturated carbocycles. The summed E-state index contributed by atoms with van der Waals surface area (Å²) in [7, 11) is 0. The van der Waals surface area contributed by atoms with Gasteiger partial charge in [-0.2, -0.15) is 0 Å². The fraction of sp³-hybridized carbons (Fsp3) is 0.308. The zero-order valence-corrected chi connectivity index (χ0v) is 11.7.